The highest BCUT2D eigenvalue weighted by molar-refractivity contribution is 5.81. The number of benzene rings is 5. The lowest BCUT2D eigenvalue weighted by molar-refractivity contribution is 0.800. The Balaban J connectivity index is 1.35. The Labute approximate surface area is 220 Å². The second-order valence-corrected chi connectivity index (χ2v) is 9.04. The first-order valence-corrected chi connectivity index (χ1v) is 12.7. The summed E-state index contributed by atoms with van der Waals surface area (Å²) < 4.78 is 0. The summed E-state index contributed by atoms with van der Waals surface area (Å²) in [6, 6.07) is 50.7. The average molecular weight is 482 g/mol. The molecule has 0 fully saturated rings. The molecule has 0 bridgehead atoms. The largest absolute Gasteiger partial charge is 0.363 e. The van der Waals surface area contributed by atoms with E-state index >= 15 is 0 Å². The van der Waals surface area contributed by atoms with Gasteiger partial charge >= 0.3 is 0 Å². The molecule has 3 nitrogen and oxygen atoms in total. The molecule has 0 radical (unpaired) electrons. The van der Waals surface area contributed by atoms with Gasteiger partial charge < -0.3 is 4.90 Å². The number of nitrogens with zero attached hydrogens (tertiary/aromatic N) is 3. The van der Waals surface area contributed by atoms with E-state index in [1.54, 1.807) is 0 Å². The number of anilines is 2. The van der Waals surface area contributed by atoms with Crippen LogP contribution in [0, 0.1) is 0 Å². The molecule has 0 atom stereocenters. The van der Waals surface area contributed by atoms with Gasteiger partial charge in [0.2, 0.25) is 0 Å². The van der Waals surface area contributed by atoms with Crippen LogP contribution in [0.1, 0.15) is 22.3 Å². The van der Waals surface area contributed by atoms with E-state index in [1.165, 1.54) is 22.4 Å². The predicted octanol–water partition coefficient (Wildman–Crippen LogP) is 7.93. The molecule has 0 aromatic heterocycles. The van der Waals surface area contributed by atoms with Crippen molar-refractivity contribution in [1.29, 1.82) is 0 Å². The maximum absolute atomic E-state index is 4.86. The van der Waals surface area contributed by atoms with Gasteiger partial charge in [0.1, 0.15) is 0 Å². The number of hydrogen-bond acceptors (Lipinski definition) is 3. The molecule has 0 saturated carbocycles. The average Bonchev–Trinajstić information content (AvgIpc) is 2.97. The summed E-state index contributed by atoms with van der Waals surface area (Å²) in [6.07, 6.45) is 1.94. The molecule has 0 heterocycles. The fraction of sp³-hybridized carbons (Fsp3) is 0.0882. The molecule has 0 aliphatic carbocycles. The van der Waals surface area contributed by atoms with E-state index in [9.17, 15) is 0 Å². The minimum Gasteiger partial charge on any atom is -0.363 e. The third kappa shape index (κ3) is 6.96. The maximum atomic E-state index is 4.86. The predicted molar refractivity (Wildman–Crippen MR) is 156 cm³/mol. The fourth-order valence-corrected chi connectivity index (χ4v) is 4.31. The molecular formula is C34H31N3. The van der Waals surface area contributed by atoms with Crippen molar-refractivity contribution in [3.63, 3.8) is 0 Å². The van der Waals surface area contributed by atoms with E-state index in [-0.39, 0.29) is 0 Å². The van der Waals surface area contributed by atoms with Gasteiger partial charge in [0.05, 0.1) is 18.4 Å². The van der Waals surface area contributed by atoms with Crippen LogP contribution in [0.4, 0.5) is 11.4 Å². The molecule has 3 heteroatoms. The second-order valence-electron chi connectivity index (χ2n) is 9.04. The summed E-state index contributed by atoms with van der Waals surface area (Å²) >= 11 is 0. The molecule has 0 saturated heterocycles. The second kappa shape index (κ2) is 12.4. The standard InChI is InChI=1S/C34H31N3/c1-5-13-30(14-6-1)26-36(27-31-15-7-2-8-16-31)33-23-21-29(22-24-33)25-35-37(34-19-11-4-12-20-34)28-32-17-9-3-10-18-32/h1-25H,26-28H2. The van der Waals surface area contributed by atoms with E-state index in [4.69, 9.17) is 5.10 Å². The van der Waals surface area contributed by atoms with Crippen LogP contribution in [0.3, 0.4) is 0 Å². The lowest BCUT2D eigenvalue weighted by atomic mass is 10.1. The van der Waals surface area contributed by atoms with Crippen molar-refractivity contribution < 1.29 is 0 Å². The van der Waals surface area contributed by atoms with Crippen molar-refractivity contribution >= 4 is 17.6 Å². The highest BCUT2D eigenvalue weighted by Gasteiger charge is 2.09. The maximum Gasteiger partial charge on any atom is 0.0666 e. The summed E-state index contributed by atoms with van der Waals surface area (Å²) in [5.74, 6) is 0. The SMILES string of the molecule is C(=NN(Cc1ccccc1)c1ccccc1)c1ccc(N(Cc2ccccc2)Cc2ccccc2)cc1. The van der Waals surface area contributed by atoms with Crippen molar-refractivity contribution in [3.8, 4) is 0 Å². The molecule has 0 N–H and O–H groups in total. The molecule has 0 aliphatic rings. The Bertz CT molecular complexity index is 1330. The van der Waals surface area contributed by atoms with Crippen LogP contribution >= 0.6 is 0 Å². The summed E-state index contributed by atoms with van der Waals surface area (Å²) in [5, 5.41) is 6.91. The van der Waals surface area contributed by atoms with Crippen molar-refractivity contribution in [2.45, 2.75) is 19.6 Å². The Morgan fingerprint density at radius 3 is 1.35 bits per heavy atom. The summed E-state index contributed by atoms with van der Waals surface area (Å²) in [6.45, 7) is 2.41. The number of hydrogen-bond donors (Lipinski definition) is 0. The third-order valence-corrected chi connectivity index (χ3v) is 6.27. The van der Waals surface area contributed by atoms with E-state index in [2.05, 4.69) is 126 Å². The molecule has 182 valence electrons. The Morgan fingerprint density at radius 1 is 0.432 bits per heavy atom. The van der Waals surface area contributed by atoms with Crippen molar-refractivity contribution in [2.24, 2.45) is 5.10 Å². The highest BCUT2D eigenvalue weighted by atomic mass is 15.4. The molecule has 0 amide bonds. The molecule has 5 aromatic rings. The van der Waals surface area contributed by atoms with Crippen LogP contribution < -0.4 is 9.91 Å². The quantitative estimate of drug-likeness (QED) is 0.149. The van der Waals surface area contributed by atoms with Crippen molar-refractivity contribution in [3.05, 3.63) is 168 Å². The van der Waals surface area contributed by atoms with Gasteiger partial charge in [-0.15, -0.1) is 0 Å². The van der Waals surface area contributed by atoms with Crippen LogP contribution in [-0.4, -0.2) is 6.21 Å². The zero-order valence-electron chi connectivity index (χ0n) is 20.9. The first-order valence-electron chi connectivity index (χ1n) is 12.7. The van der Waals surface area contributed by atoms with Gasteiger partial charge in [0.15, 0.2) is 0 Å². The van der Waals surface area contributed by atoms with E-state index in [0.29, 0.717) is 6.54 Å². The minimum atomic E-state index is 0.710. The summed E-state index contributed by atoms with van der Waals surface area (Å²) in [4.78, 5) is 2.41. The van der Waals surface area contributed by atoms with Gasteiger partial charge in [-0.2, -0.15) is 5.10 Å². The number of hydrazone groups is 1. The molecule has 5 rings (SSSR count). The topological polar surface area (TPSA) is 18.8 Å². The smallest absolute Gasteiger partial charge is 0.0666 e. The van der Waals surface area contributed by atoms with Crippen LogP contribution in [0.25, 0.3) is 0 Å². The van der Waals surface area contributed by atoms with Gasteiger partial charge in [-0.1, -0.05) is 121 Å². The lowest BCUT2D eigenvalue weighted by Gasteiger charge is -2.25. The summed E-state index contributed by atoms with van der Waals surface area (Å²) in [7, 11) is 0. The number of rotatable bonds is 10. The monoisotopic (exact) mass is 481 g/mol. The zero-order chi connectivity index (χ0) is 25.1. The first-order chi connectivity index (χ1) is 18.3. The third-order valence-electron chi connectivity index (χ3n) is 6.27. The van der Waals surface area contributed by atoms with Crippen molar-refractivity contribution in [1.82, 2.24) is 0 Å². The molecular weight excluding hydrogens is 450 g/mol. The fourth-order valence-electron chi connectivity index (χ4n) is 4.31. The van der Waals surface area contributed by atoms with Crippen LogP contribution in [0.5, 0.6) is 0 Å². The molecule has 0 unspecified atom stereocenters. The highest BCUT2D eigenvalue weighted by Crippen LogP contribution is 2.22. The lowest BCUT2D eigenvalue weighted by Crippen LogP contribution is -2.22. The Kier molecular flexibility index (Phi) is 8.05. The van der Waals surface area contributed by atoms with Crippen molar-refractivity contribution in [2.75, 3.05) is 9.91 Å². The first kappa shape index (κ1) is 24.1. The zero-order valence-corrected chi connectivity index (χ0v) is 20.9. The van der Waals surface area contributed by atoms with Gasteiger partial charge in [0.25, 0.3) is 0 Å². The van der Waals surface area contributed by atoms with Gasteiger partial charge in [-0.3, -0.25) is 5.01 Å². The van der Waals surface area contributed by atoms with E-state index < -0.39 is 0 Å². The molecule has 0 spiro atoms. The van der Waals surface area contributed by atoms with Gasteiger partial charge in [-0.05, 0) is 46.5 Å². The van der Waals surface area contributed by atoms with E-state index in [0.717, 1.165) is 24.3 Å². The minimum absolute atomic E-state index is 0.710. The normalized spacial score (nSPS) is 10.9. The summed E-state index contributed by atoms with van der Waals surface area (Å²) in [5.41, 5.74) is 7.13. The molecule has 0 aliphatic heterocycles. The van der Waals surface area contributed by atoms with Crippen LogP contribution in [0.15, 0.2) is 151 Å². The Morgan fingerprint density at radius 2 is 0.865 bits per heavy atom. The van der Waals surface area contributed by atoms with Gasteiger partial charge in [-0.25, -0.2) is 0 Å². The van der Waals surface area contributed by atoms with Gasteiger partial charge in [0, 0.05) is 18.8 Å². The van der Waals surface area contributed by atoms with Crippen LogP contribution in [0.2, 0.25) is 0 Å². The molecule has 37 heavy (non-hydrogen) atoms. The van der Waals surface area contributed by atoms with E-state index in [1.807, 2.05) is 35.5 Å². The van der Waals surface area contributed by atoms with Crippen LogP contribution in [-0.2, 0) is 19.6 Å². The number of para-hydroxylation sites is 1. The Hall–Kier alpha value is -4.63. The molecule has 5 aromatic carbocycles.